The fraction of sp³-hybridized carbons (Fsp3) is 0.400. The molecule has 1 aromatic carbocycles. The van der Waals surface area contributed by atoms with Crippen molar-refractivity contribution in [2.24, 2.45) is 7.05 Å². The second-order valence-corrected chi connectivity index (χ2v) is 5.23. The van der Waals surface area contributed by atoms with Gasteiger partial charge in [0.2, 0.25) is 6.33 Å². The van der Waals surface area contributed by atoms with E-state index in [-0.39, 0.29) is 0 Å². The number of aromatic nitrogens is 2. The summed E-state index contributed by atoms with van der Waals surface area (Å²) in [5.41, 5.74) is 7.71. The third-order valence-electron chi connectivity index (χ3n) is 3.61. The Labute approximate surface area is 119 Å². The van der Waals surface area contributed by atoms with E-state index in [4.69, 9.17) is 10.5 Å². The molecule has 0 aliphatic carbocycles. The highest BCUT2D eigenvalue weighted by Gasteiger charge is 2.17. The van der Waals surface area contributed by atoms with E-state index in [9.17, 15) is 0 Å². The van der Waals surface area contributed by atoms with Crippen LogP contribution in [0.15, 0.2) is 36.9 Å². The first-order valence-electron chi connectivity index (χ1n) is 7.01. The van der Waals surface area contributed by atoms with Gasteiger partial charge in [-0.15, -0.1) is 0 Å². The number of hydrogen-bond donors (Lipinski definition) is 1. The SMILES string of the molecule is C[n+]1ccn(CCCN2CCOc3cc(N)ccc32)c1. The summed E-state index contributed by atoms with van der Waals surface area (Å²) in [6.45, 7) is 3.73. The van der Waals surface area contributed by atoms with Gasteiger partial charge in [0.05, 0.1) is 25.8 Å². The van der Waals surface area contributed by atoms with Gasteiger partial charge >= 0.3 is 0 Å². The van der Waals surface area contributed by atoms with Crippen LogP contribution in [-0.2, 0) is 13.6 Å². The number of nitrogen functional groups attached to an aromatic ring is 1. The van der Waals surface area contributed by atoms with Gasteiger partial charge in [-0.25, -0.2) is 9.13 Å². The number of hydrogen-bond acceptors (Lipinski definition) is 3. The van der Waals surface area contributed by atoms with Crippen molar-refractivity contribution in [1.82, 2.24) is 4.57 Å². The fourth-order valence-corrected chi connectivity index (χ4v) is 2.60. The molecule has 1 aliphatic rings. The Kier molecular flexibility index (Phi) is 3.50. The van der Waals surface area contributed by atoms with Gasteiger partial charge < -0.3 is 15.4 Å². The van der Waals surface area contributed by atoms with E-state index in [2.05, 4.69) is 38.8 Å². The predicted molar refractivity (Wildman–Crippen MR) is 78.8 cm³/mol. The minimum Gasteiger partial charge on any atom is -0.489 e. The van der Waals surface area contributed by atoms with Crippen molar-refractivity contribution in [1.29, 1.82) is 0 Å². The molecule has 0 amide bonds. The number of benzene rings is 1. The molecule has 20 heavy (non-hydrogen) atoms. The zero-order valence-corrected chi connectivity index (χ0v) is 11.8. The Morgan fingerprint density at radius 1 is 1.35 bits per heavy atom. The van der Waals surface area contributed by atoms with Crippen LogP contribution >= 0.6 is 0 Å². The molecular weight excluding hydrogens is 252 g/mol. The van der Waals surface area contributed by atoms with E-state index in [1.807, 2.05) is 19.2 Å². The summed E-state index contributed by atoms with van der Waals surface area (Å²) in [5.74, 6) is 0.906. The topological polar surface area (TPSA) is 47.3 Å². The zero-order valence-electron chi connectivity index (χ0n) is 11.8. The lowest BCUT2D eigenvalue weighted by atomic mass is 10.2. The van der Waals surface area contributed by atoms with E-state index in [1.54, 1.807) is 0 Å². The lowest BCUT2D eigenvalue weighted by molar-refractivity contribution is -0.671. The average molecular weight is 273 g/mol. The van der Waals surface area contributed by atoms with Crippen LogP contribution < -0.4 is 19.9 Å². The fourth-order valence-electron chi connectivity index (χ4n) is 2.60. The molecule has 2 N–H and O–H groups in total. The number of nitrogens with two attached hydrogens (primary N) is 1. The molecule has 0 fully saturated rings. The Bertz CT molecular complexity index is 593. The van der Waals surface area contributed by atoms with Gasteiger partial charge in [0, 0.05) is 24.7 Å². The van der Waals surface area contributed by atoms with Crippen molar-refractivity contribution in [3.63, 3.8) is 0 Å². The molecule has 3 rings (SSSR count). The largest absolute Gasteiger partial charge is 0.489 e. The summed E-state index contributed by atoms with van der Waals surface area (Å²) in [4.78, 5) is 2.38. The molecule has 1 aliphatic heterocycles. The van der Waals surface area contributed by atoms with Crippen molar-refractivity contribution >= 4 is 11.4 Å². The number of nitrogens with zero attached hydrogens (tertiary/aromatic N) is 3. The van der Waals surface area contributed by atoms with Crippen LogP contribution in [0.1, 0.15) is 6.42 Å². The van der Waals surface area contributed by atoms with Crippen LogP contribution in [0.2, 0.25) is 0 Å². The molecule has 0 spiro atoms. The highest BCUT2D eigenvalue weighted by molar-refractivity contribution is 5.64. The van der Waals surface area contributed by atoms with E-state index < -0.39 is 0 Å². The maximum absolute atomic E-state index is 5.80. The molecule has 5 heteroatoms. The molecule has 0 bridgehead atoms. The monoisotopic (exact) mass is 273 g/mol. The van der Waals surface area contributed by atoms with Crippen LogP contribution in [0.5, 0.6) is 5.75 Å². The lowest BCUT2D eigenvalue weighted by Crippen LogP contribution is -2.34. The van der Waals surface area contributed by atoms with Gasteiger partial charge in [-0.05, 0) is 12.1 Å². The first kappa shape index (κ1) is 12.8. The Morgan fingerprint density at radius 3 is 3.05 bits per heavy atom. The van der Waals surface area contributed by atoms with Gasteiger partial charge in [-0.2, -0.15) is 0 Å². The van der Waals surface area contributed by atoms with E-state index in [1.165, 1.54) is 0 Å². The molecule has 0 atom stereocenters. The van der Waals surface area contributed by atoms with E-state index >= 15 is 0 Å². The molecule has 0 saturated heterocycles. The molecule has 2 aromatic rings. The Morgan fingerprint density at radius 2 is 2.25 bits per heavy atom. The summed E-state index contributed by atoms with van der Waals surface area (Å²) in [6.07, 6.45) is 7.38. The summed E-state index contributed by atoms with van der Waals surface area (Å²) in [6, 6.07) is 5.90. The third kappa shape index (κ3) is 2.71. The zero-order chi connectivity index (χ0) is 13.9. The summed E-state index contributed by atoms with van der Waals surface area (Å²) < 4.78 is 9.95. The number of ether oxygens (including phenoxy) is 1. The first-order valence-corrected chi connectivity index (χ1v) is 7.01. The van der Waals surface area contributed by atoms with Crippen LogP contribution in [-0.4, -0.2) is 24.3 Å². The Hall–Kier alpha value is -2.17. The number of fused-ring (bicyclic) bond motifs is 1. The third-order valence-corrected chi connectivity index (χ3v) is 3.61. The van der Waals surface area contributed by atoms with Gasteiger partial charge in [-0.1, -0.05) is 0 Å². The second-order valence-electron chi connectivity index (χ2n) is 5.23. The van der Waals surface area contributed by atoms with Crippen LogP contribution in [0.3, 0.4) is 0 Å². The summed E-state index contributed by atoms with van der Waals surface area (Å²) >= 11 is 0. The van der Waals surface area contributed by atoms with E-state index in [0.29, 0.717) is 0 Å². The maximum Gasteiger partial charge on any atom is 0.243 e. The van der Waals surface area contributed by atoms with Crippen molar-refractivity contribution < 1.29 is 9.30 Å². The van der Waals surface area contributed by atoms with Gasteiger partial charge in [0.1, 0.15) is 24.8 Å². The standard InChI is InChI=1S/C15H21N4O/c1-17-7-8-18(12-17)5-2-6-19-9-10-20-15-11-13(16)3-4-14(15)19/h3-4,7-8,11-12H,2,5-6,9-10,16H2,1H3/q+1. The number of imidazole rings is 1. The molecule has 5 nitrogen and oxygen atoms in total. The number of rotatable bonds is 4. The highest BCUT2D eigenvalue weighted by atomic mass is 16.5. The Balaban J connectivity index is 1.61. The van der Waals surface area contributed by atoms with Gasteiger partial charge in [0.25, 0.3) is 0 Å². The second kappa shape index (κ2) is 5.45. The molecule has 0 saturated carbocycles. The minimum atomic E-state index is 0.731. The smallest absolute Gasteiger partial charge is 0.243 e. The number of anilines is 2. The van der Waals surface area contributed by atoms with Crippen molar-refractivity contribution in [3.05, 3.63) is 36.9 Å². The lowest BCUT2D eigenvalue weighted by Gasteiger charge is -2.31. The number of aryl methyl sites for hydroxylation is 2. The molecule has 2 heterocycles. The van der Waals surface area contributed by atoms with Gasteiger partial charge in [-0.3, -0.25) is 0 Å². The average Bonchev–Trinajstić information content (AvgIpc) is 2.84. The van der Waals surface area contributed by atoms with Crippen LogP contribution in [0.25, 0.3) is 0 Å². The molecule has 106 valence electrons. The normalized spacial score (nSPS) is 13.9. The van der Waals surface area contributed by atoms with Gasteiger partial charge in [0.15, 0.2) is 0 Å². The highest BCUT2D eigenvalue weighted by Crippen LogP contribution is 2.33. The summed E-state index contributed by atoms with van der Waals surface area (Å²) in [5, 5.41) is 0. The first-order chi connectivity index (χ1) is 9.72. The van der Waals surface area contributed by atoms with Crippen molar-refractivity contribution in [2.75, 3.05) is 30.3 Å². The van der Waals surface area contributed by atoms with E-state index in [0.717, 1.165) is 49.8 Å². The van der Waals surface area contributed by atoms with Crippen LogP contribution in [0, 0.1) is 0 Å². The summed E-state index contributed by atoms with van der Waals surface area (Å²) in [7, 11) is 2.04. The molecule has 0 unspecified atom stereocenters. The van der Waals surface area contributed by atoms with Crippen molar-refractivity contribution in [3.8, 4) is 5.75 Å². The predicted octanol–water partition coefficient (Wildman–Crippen LogP) is 1.18. The molecule has 1 aromatic heterocycles. The van der Waals surface area contributed by atoms with Crippen molar-refractivity contribution in [2.45, 2.75) is 13.0 Å². The maximum atomic E-state index is 5.80. The van der Waals surface area contributed by atoms with Crippen LogP contribution in [0.4, 0.5) is 11.4 Å². The molecular formula is C15H21N4O+. The molecule has 0 radical (unpaired) electrons. The quantitative estimate of drug-likeness (QED) is 0.672. The minimum absolute atomic E-state index is 0.731.